The summed E-state index contributed by atoms with van der Waals surface area (Å²) in [6, 6.07) is 3.89. The fraction of sp³-hybridized carbons (Fsp3) is 0.632. The summed E-state index contributed by atoms with van der Waals surface area (Å²) in [4.78, 5) is 43.3. The van der Waals surface area contributed by atoms with E-state index in [2.05, 4.69) is 17.1 Å². The van der Waals surface area contributed by atoms with Gasteiger partial charge in [0.1, 0.15) is 0 Å². The highest BCUT2D eigenvalue weighted by molar-refractivity contribution is 7.12. The van der Waals surface area contributed by atoms with Crippen LogP contribution < -0.4 is 5.32 Å². The van der Waals surface area contributed by atoms with Crippen LogP contribution in [0.2, 0.25) is 0 Å². The summed E-state index contributed by atoms with van der Waals surface area (Å²) in [7, 11) is 0. The zero-order valence-corrected chi connectivity index (χ0v) is 16.7. The topological polar surface area (TPSA) is 73.0 Å². The molecule has 0 spiro atoms. The highest BCUT2D eigenvalue weighted by Gasteiger charge is 2.27. The average molecular weight is 393 g/mol. The van der Waals surface area contributed by atoms with E-state index in [1.54, 1.807) is 11.0 Å². The molecule has 7 nitrogen and oxygen atoms in total. The maximum Gasteiger partial charge on any atom is 0.261 e. The van der Waals surface area contributed by atoms with Gasteiger partial charge in [0, 0.05) is 38.8 Å². The summed E-state index contributed by atoms with van der Waals surface area (Å²) < 4.78 is 0. The highest BCUT2D eigenvalue weighted by atomic mass is 32.1. The molecule has 3 heterocycles. The van der Waals surface area contributed by atoms with Gasteiger partial charge in [0.2, 0.25) is 11.8 Å². The predicted molar refractivity (Wildman–Crippen MR) is 105 cm³/mol. The molecule has 0 bridgehead atoms. The number of likely N-dealkylation sites (tertiary alicyclic amines) is 1. The van der Waals surface area contributed by atoms with Crippen LogP contribution in [0.15, 0.2) is 17.5 Å². The zero-order valence-electron chi connectivity index (χ0n) is 15.9. The number of amides is 3. The summed E-state index contributed by atoms with van der Waals surface area (Å²) in [5.41, 5.74) is 0. The molecule has 1 unspecified atom stereocenters. The molecule has 3 rings (SSSR count). The van der Waals surface area contributed by atoms with Crippen molar-refractivity contribution in [2.24, 2.45) is 0 Å². The van der Waals surface area contributed by atoms with Gasteiger partial charge >= 0.3 is 0 Å². The van der Waals surface area contributed by atoms with E-state index in [1.165, 1.54) is 17.8 Å². The Morgan fingerprint density at radius 1 is 1.11 bits per heavy atom. The molecule has 1 aromatic heterocycles. The van der Waals surface area contributed by atoms with Gasteiger partial charge in [0.15, 0.2) is 0 Å². The standard InChI is InChI=1S/C19H28N4O3S/c1-15-5-2-3-7-23(15)18(25)14-21-8-10-22(11-9-21)17(24)13-20-19(26)16-6-4-12-27-16/h4,6,12,15H,2-3,5,7-11,13-14H2,1H3,(H,20,26). The van der Waals surface area contributed by atoms with E-state index in [0.717, 1.165) is 19.4 Å². The third kappa shape index (κ3) is 5.29. The van der Waals surface area contributed by atoms with Gasteiger partial charge in [-0.15, -0.1) is 11.3 Å². The molecular weight excluding hydrogens is 364 g/mol. The number of nitrogens with zero attached hydrogens (tertiary/aromatic N) is 3. The first kappa shape index (κ1) is 19.8. The smallest absolute Gasteiger partial charge is 0.261 e. The van der Waals surface area contributed by atoms with E-state index in [-0.39, 0.29) is 24.3 Å². The lowest BCUT2D eigenvalue weighted by atomic mass is 10.0. The molecule has 0 saturated carbocycles. The van der Waals surface area contributed by atoms with E-state index in [0.29, 0.717) is 43.6 Å². The average Bonchev–Trinajstić information content (AvgIpc) is 3.21. The number of thiophene rings is 1. The molecular formula is C19H28N4O3S. The Morgan fingerprint density at radius 2 is 1.89 bits per heavy atom. The van der Waals surface area contributed by atoms with Crippen molar-refractivity contribution in [2.45, 2.75) is 32.2 Å². The van der Waals surface area contributed by atoms with Gasteiger partial charge < -0.3 is 15.1 Å². The summed E-state index contributed by atoms with van der Waals surface area (Å²) in [5, 5.41) is 4.51. The minimum atomic E-state index is -0.210. The molecule has 3 amide bonds. The molecule has 2 saturated heterocycles. The Hall–Kier alpha value is -1.93. The number of rotatable bonds is 5. The molecule has 148 valence electrons. The van der Waals surface area contributed by atoms with Crippen LogP contribution >= 0.6 is 11.3 Å². The third-order valence-corrected chi connectivity index (χ3v) is 6.22. The van der Waals surface area contributed by atoms with Gasteiger partial charge in [-0.05, 0) is 37.6 Å². The highest BCUT2D eigenvalue weighted by Crippen LogP contribution is 2.17. The van der Waals surface area contributed by atoms with E-state index in [1.807, 2.05) is 16.3 Å². The molecule has 0 radical (unpaired) electrons. The summed E-state index contributed by atoms with van der Waals surface area (Å²) in [5.74, 6) is -0.0843. The normalized spacial score (nSPS) is 21.1. The lowest BCUT2D eigenvalue weighted by molar-refractivity contribution is -0.137. The number of carbonyl (C=O) groups excluding carboxylic acids is 3. The van der Waals surface area contributed by atoms with Gasteiger partial charge in [0.25, 0.3) is 5.91 Å². The third-order valence-electron chi connectivity index (χ3n) is 5.35. The second-order valence-electron chi connectivity index (χ2n) is 7.25. The van der Waals surface area contributed by atoms with E-state index >= 15 is 0 Å². The fourth-order valence-corrected chi connectivity index (χ4v) is 4.31. The maximum atomic E-state index is 12.5. The number of carbonyl (C=O) groups is 3. The largest absolute Gasteiger partial charge is 0.342 e. The minimum absolute atomic E-state index is 0.0148. The lowest BCUT2D eigenvalue weighted by Gasteiger charge is -2.38. The quantitative estimate of drug-likeness (QED) is 0.812. The van der Waals surface area contributed by atoms with Crippen LogP contribution in [-0.4, -0.2) is 84.3 Å². The second kappa shape index (κ2) is 9.32. The monoisotopic (exact) mass is 392 g/mol. The Labute approximate surface area is 164 Å². The molecule has 2 aliphatic rings. The Bertz CT molecular complexity index is 656. The van der Waals surface area contributed by atoms with Crippen LogP contribution in [0.25, 0.3) is 0 Å². The van der Waals surface area contributed by atoms with Crippen molar-refractivity contribution >= 4 is 29.1 Å². The zero-order chi connectivity index (χ0) is 19.2. The van der Waals surface area contributed by atoms with Gasteiger partial charge in [-0.25, -0.2) is 0 Å². The second-order valence-corrected chi connectivity index (χ2v) is 8.20. The van der Waals surface area contributed by atoms with E-state index in [4.69, 9.17) is 0 Å². The van der Waals surface area contributed by atoms with E-state index < -0.39 is 0 Å². The van der Waals surface area contributed by atoms with Crippen LogP contribution in [0.3, 0.4) is 0 Å². The van der Waals surface area contributed by atoms with Gasteiger partial charge in [0.05, 0.1) is 18.0 Å². The van der Waals surface area contributed by atoms with Gasteiger partial charge in [-0.2, -0.15) is 0 Å². The first-order chi connectivity index (χ1) is 13.0. The summed E-state index contributed by atoms with van der Waals surface area (Å²) in [6.45, 7) is 6.01. The molecule has 1 atom stereocenters. The van der Waals surface area contributed by atoms with Crippen molar-refractivity contribution in [2.75, 3.05) is 45.8 Å². The van der Waals surface area contributed by atoms with Crippen molar-refractivity contribution in [3.63, 3.8) is 0 Å². The fourth-order valence-electron chi connectivity index (χ4n) is 3.67. The van der Waals surface area contributed by atoms with E-state index in [9.17, 15) is 14.4 Å². The molecule has 27 heavy (non-hydrogen) atoms. The Morgan fingerprint density at radius 3 is 2.56 bits per heavy atom. The Balaban J connectivity index is 1.38. The van der Waals surface area contributed by atoms with Crippen LogP contribution in [0, 0.1) is 0 Å². The van der Waals surface area contributed by atoms with Crippen LogP contribution in [0.1, 0.15) is 35.9 Å². The van der Waals surface area contributed by atoms with Gasteiger partial charge in [-0.1, -0.05) is 6.07 Å². The SMILES string of the molecule is CC1CCCCN1C(=O)CN1CCN(C(=O)CNC(=O)c2cccs2)CC1. The van der Waals surface area contributed by atoms with Gasteiger partial charge in [-0.3, -0.25) is 19.3 Å². The summed E-state index contributed by atoms with van der Waals surface area (Å²) in [6.07, 6.45) is 3.38. The predicted octanol–water partition coefficient (Wildman–Crippen LogP) is 1.02. The molecule has 0 aliphatic carbocycles. The van der Waals surface area contributed by atoms with Crippen LogP contribution in [0.5, 0.6) is 0 Å². The van der Waals surface area contributed by atoms with Crippen LogP contribution in [-0.2, 0) is 9.59 Å². The molecule has 8 heteroatoms. The molecule has 1 N–H and O–H groups in total. The first-order valence-electron chi connectivity index (χ1n) is 9.66. The molecule has 1 aromatic rings. The molecule has 2 fully saturated rings. The Kier molecular flexibility index (Phi) is 6.84. The van der Waals surface area contributed by atoms with Crippen molar-refractivity contribution in [3.8, 4) is 0 Å². The number of nitrogens with one attached hydrogen (secondary N) is 1. The molecule has 2 aliphatic heterocycles. The maximum absolute atomic E-state index is 12.5. The minimum Gasteiger partial charge on any atom is -0.342 e. The number of piperidine rings is 1. The number of piperazine rings is 1. The lowest BCUT2D eigenvalue weighted by Crippen LogP contribution is -2.54. The van der Waals surface area contributed by atoms with Crippen LogP contribution in [0.4, 0.5) is 0 Å². The van der Waals surface area contributed by atoms with Crippen molar-refractivity contribution in [3.05, 3.63) is 22.4 Å². The van der Waals surface area contributed by atoms with Crippen molar-refractivity contribution in [1.82, 2.24) is 20.0 Å². The van der Waals surface area contributed by atoms with Crippen molar-refractivity contribution in [1.29, 1.82) is 0 Å². The number of hydrogen-bond acceptors (Lipinski definition) is 5. The van der Waals surface area contributed by atoms with Crippen molar-refractivity contribution < 1.29 is 14.4 Å². The molecule has 0 aromatic carbocycles. The first-order valence-corrected chi connectivity index (χ1v) is 10.5. The summed E-state index contributed by atoms with van der Waals surface area (Å²) >= 11 is 1.36. The number of hydrogen-bond donors (Lipinski definition) is 1.